The van der Waals surface area contributed by atoms with Gasteiger partial charge in [0.15, 0.2) is 0 Å². The Morgan fingerprint density at radius 2 is 2.31 bits per heavy atom. The first-order chi connectivity index (χ1) is 6.42. The number of hydrogen-bond donors (Lipinski definition) is 1. The topological polar surface area (TPSA) is 38.9 Å². The van der Waals surface area contributed by atoms with Crippen molar-refractivity contribution in [1.29, 1.82) is 0 Å². The van der Waals surface area contributed by atoms with E-state index >= 15 is 0 Å². The number of nitrogens with zero attached hydrogens (tertiary/aromatic N) is 1. The number of nitrogens with two attached hydrogens (primary N) is 1. The van der Waals surface area contributed by atoms with Crippen LogP contribution in [0.4, 0.5) is 0 Å². The van der Waals surface area contributed by atoms with Crippen LogP contribution in [0, 0.1) is 5.92 Å². The average molecular weight is 176 g/mol. The van der Waals surface area contributed by atoms with Crippen molar-refractivity contribution in [3.8, 4) is 0 Å². The molecule has 2 nitrogen and oxygen atoms in total. The molecular formula is C11H16N2. The van der Waals surface area contributed by atoms with Crippen LogP contribution < -0.4 is 5.73 Å². The number of aromatic nitrogens is 1. The monoisotopic (exact) mass is 176 g/mol. The maximum absolute atomic E-state index is 5.78. The molecule has 2 rings (SSSR count). The normalized spacial score (nSPS) is 19.5. The molecule has 1 aliphatic rings. The SMILES string of the molecule is NCC(c1ccccn1)C1CCC1. The molecule has 1 atom stereocenters. The van der Waals surface area contributed by atoms with Crippen LogP contribution in [-0.4, -0.2) is 11.5 Å². The number of rotatable bonds is 3. The summed E-state index contributed by atoms with van der Waals surface area (Å²) in [5.74, 6) is 1.29. The van der Waals surface area contributed by atoms with Gasteiger partial charge < -0.3 is 5.73 Å². The zero-order valence-electron chi connectivity index (χ0n) is 7.82. The van der Waals surface area contributed by atoms with Gasteiger partial charge in [-0.15, -0.1) is 0 Å². The fraction of sp³-hybridized carbons (Fsp3) is 0.545. The van der Waals surface area contributed by atoms with E-state index in [9.17, 15) is 0 Å². The van der Waals surface area contributed by atoms with Crippen LogP contribution >= 0.6 is 0 Å². The molecule has 0 bridgehead atoms. The summed E-state index contributed by atoms with van der Waals surface area (Å²) in [6.45, 7) is 0.738. The lowest BCUT2D eigenvalue weighted by atomic mass is 9.74. The van der Waals surface area contributed by atoms with Crippen molar-refractivity contribution in [3.63, 3.8) is 0 Å². The van der Waals surface area contributed by atoms with Gasteiger partial charge in [-0.3, -0.25) is 4.98 Å². The molecule has 0 spiro atoms. The molecule has 2 heteroatoms. The predicted octanol–water partition coefficient (Wildman–Crippen LogP) is 1.92. The average Bonchev–Trinajstić information content (AvgIpc) is 2.12. The molecule has 70 valence electrons. The second-order valence-corrected chi connectivity index (χ2v) is 3.79. The molecular weight excluding hydrogens is 160 g/mol. The van der Waals surface area contributed by atoms with Crippen LogP contribution in [0.2, 0.25) is 0 Å². The van der Waals surface area contributed by atoms with Gasteiger partial charge in [0.05, 0.1) is 0 Å². The molecule has 0 aliphatic heterocycles. The van der Waals surface area contributed by atoms with Crippen molar-refractivity contribution in [2.24, 2.45) is 11.7 Å². The molecule has 1 aromatic heterocycles. The Hall–Kier alpha value is -0.890. The smallest absolute Gasteiger partial charge is 0.0449 e. The van der Waals surface area contributed by atoms with E-state index in [1.165, 1.54) is 25.0 Å². The molecule has 1 aliphatic carbocycles. The van der Waals surface area contributed by atoms with Gasteiger partial charge in [-0.05, 0) is 30.9 Å². The first-order valence-corrected chi connectivity index (χ1v) is 5.03. The Bertz CT molecular complexity index is 254. The second kappa shape index (κ2) is 3.88. The molecule has 2 N–H and O–H groups in total. The minimum atomic E-state index is 0.495. The van der Waals surface area contributed by atoms with E-state index in [0.717, 1.165) is 12.5 Å². The van der Waals surface area contributed by atoms with E-state index in [2.05, 4.69) is 11.1 Å². The number of pyridine rings is 1. The minimum Gasteiger partial charge on any atom is -0.330 e. The molecule has 0 radical (unpaired) electrons. The van der Waals surface area contributed by atoms with Crippen LogP contribution in [-0.2, 0) is 0 Å². The van der Waals surface area contributed by atoms with Gasteiger partial charge in [0, 0.05) is 24.4 Å². The third kappa shape index (κ3) is 1.73. The van der Waals surface area contributed by atoms with Gasteiger partial charge in [0.1, 0.15) is 0 Å². The van der Waals surface area contributed by atoms with Crippen LogP contribution in [0.25, 0.3) is 0 Å². The molecule has 1 aromatic rings. The Balaban J connectivity index is 2.12. The Labute approximate surface area is 79.2 Å². The molecule has 0 aromatic carbocycles. The summed E-state index contributed by atoms with van der Waals surface area (Å²) >= 11 is 0. The fourth-order valence-corrected chi connectivity index (χ4v) is 1.99. The maximum Gasteiger partial charge on any atom is 0.0449 e. The molecule has 0 saturated heterocycles. The lowest BCUT2D eigenvalue weighted by Gasteiger charge is -2.32. The fourth-order valence-electron chi connectivity index (χ4n) is 1.99. The quantitative estimate of drug-likeness (QED) is 0.764. The van der Waals surface area contributed by atoms with Crippen molar-refractivity contribution in [3.05, 3.63) is 30.1 Å². The predicted molar refractivity (Wildman–Crippen MR) is 53.4 cm³/mol. The highest BCUT2D eigenvalue weighted by atomic mass is 14.7. The van der Waals surface area contributed by atoms with E-state index in [1.807, 2.05) is 18.3 Å². The summed E-state index contributed by atoms with van der Waals surface area (Å²) in [7, 11) is 0. The summed E-state index contributed by atoms with van der Waals surface area (Å²) < 4.78 is 0. The van der Waals surface area contributed by atoms with Crippen molar-refractivity contribution in [2.45, 2.75) is 25.2 Å². The van der Waals surface area contributed by atoms with E-state index < -0.39 is 0 Å². The van der Waals surface area contributed by atoms with Gasteiger partial charge in [-0.25, -0.2) is 0 Å². The molecule has 13 heavy (non-hydrogen) atoms. The van der Waals surface area contributed by atoms with E-state index in [0.29, 0.717) is 5.92 Å². The number of hydrogen-bond acceptors (Lipinski definition) is 2. The third-order valence-electron chi connectivity index (χ3n) is 3.04. The summed E-state index contributed by atoms with van der Waals surface area (Å²) in [5.41, 5.74) is 6.95. The molecule has 1 fully saturated rings. The Morgan fingerprint density at radius 3 is 2.77 bits per heavy atom. The minimum absolute atomic E-state index is 0.495. The lowest BCUT2D eigenvalue weighted by molar-refractivity contribution is 0.261. The zero-order chi connectivity index (χ0) is 9.10. The van der Waals surface area contributed by atoms with Gasteiger partial charge in [-0.1, -0.05) is 12.5 Å². The first-order valence-electron chi connectivity index (χ1n) is 5.03. The van der Waals surface area contributed by atoms with E-state index in [4.69, 9.17) is 5.73 Å². The molecule has 1 unspecified atom stereocenters. The van der Waals surface area contributed by atoms with Gasteiger partial charge in [-0.2, -0.15) is 0 Å². The maximum atomic E-state index is 5.78. The summed E-state index contributed by atoms with van der Waals surface area (Å²) in [6, 6.07) is 6.09. The van der Waals surface area contributed by atoms with Crippen LogP contribution in [0.3, 0.4) is 0 Å². The van der Waals surface area contributed by atoms with Crippen molar-refractivity contribution in [2.75, 3.05) is 6.54 Å². The lowest BCUT2D eigenvalue weighted by Crippen LogP contribution is -2.27. The van der Waals surface area contributed by atoms with Crippen LogP contribution in [0.1, 0.15) is 30.9 Å². The van der Waals surface area contributed by atoms with Gasteiger partial charge in [0.2, 0.25) is 0 Å². The second-order valence-electron chi connectivity index (χ2n) is 3.79. The summed E-state index contributed by atoms with van der Waals surface area (Å²) in [4.78, 5) is 4.37. The van der Waals surface area contributed by atoms with Crippen molar-refractivity contribution < 1.29 is 0 Å². The Kier molecular flexibility index (Phi) is 2.60. The molecule has 0 amide bonds. The summed E-state index contributed by atoms with van der Waals surface area (Å²) in [6.07, 6.45) is 5.89. The van der Waals surface area contributed by atoms with Crippen LogP contribution in [0.5, 0.6) is 0 Å². The highest BCUT2D eigenvalue weighted by Gasteiger charge is 2.27. The first kappa shape index (κ1) is 8.70. The zero-order valence-corrected chi connectivity index (χ0v) is 7.82. The molecule has 1 heterocycles. The highest BCUT2D eigenvalue weighted by Crippen LogP contribution is 2.37. The van der Waals surface area contributed by atoms with Crippen LogP contribution in [0.15, 0.2) is 24.4 Å². The van der Waals surface area contributed by atoms with Gasteiger partial charge >= 0.3 is 0 Å². The standard InChI is InChI=1S/C11H16N2/c12-8-10(9-4-3-5-9)11-6-1-2-7-13-11/h1-2,6-7,9-10H,3-5,8,12H2. The van der Waals surface area contributed by atoms with Crippen molar-refractivity contribution >= 4 is 0 Å². The van der Waals surface area contributed by atoms with E-state index in [-0.39, 0.29) is 0 Å². The van der Waals surface area contributed by atoms with E-state index in [1.54, 1.807) is 0 Å². The third-order valence-corrected chi connectivity index (χ3v) is 3.04. The van der Waals surface area contributed by atoms with Gasteiger partial charge in [0.25, 0.3) is 0 Å². The summed E-state index contributed by atoms with van der Waals surface area (Å²) in [5, 5.41) is 0. The highest BCUT2D eigenvalue weighted by molar-refractivity contribution is 5.12. The Morgan fingerprint density at radius 1 is 1.46 bits per heavy atom. The van der Waals surface area contributed by atoms with Crippen molar-refractivity contribution in [1.82, 2.24) is 4.98 Å². The largest absolute Gasteiger partial charge is 0.330 e. The molecule has 1 saturated carbocycles.